The van der Waals surface area contributed by atoms with Gasteiger partial charge in [0, 0.05) is 17.6 Å². The lowest BCUT2D eigenvalue weighted by Crippen LogP contribution is -2.34. The van der Waals surface area contributed by atoms with E-state index in [1.165, 1.54) is 24.8 Å². The quantitative estimate of drug-likeness (QED) is 0.786. The molecule has 0 radical (unpaired) electrons. The SMILES string of the molecule is CC1CCCCC1OCC(O)CNCc1cccc(Br)c1. The van der Waals surface area contributed by atoms with Crippen molar-refractivity contribution in [2.75, 3.05) is 13.2 Å². The van der Waals surface area contributed by atoms with Gasteiger partial charge < -0.3 is 15.2 Å². The molecule has 0 aliphatic heterocycles. The van der Waals surface area contributed by atoms with Gasteiger partial charge in [-0.1, -0.05) is 47.8 Å². The van der Waals surface area contributed by atoms with Gasteiger partial charge in [-0.05, 0) is 36.5 Å². The fraction of sp³-hybridized carbons (Fsp3) is 0.647. The van der Waals surface area contributed by atoms with Crippen molar-refractivity contribution in [2.45, 2.75) is 51.4 Å². The highest BCUT2D eigenvalue weighted by Crippen LogP contribution is 2.26. The molecule has 2 rings (SSSR count). The summed E-state index contributed by atoms with van der Waals surface area (Å²) in [5.41, 5.74) is 1.21. The second kappa shape index (κ2) is 8.89. The molecule has 118 valence electrons. The predicted molar refractivity (Wildman–Crippen MR) is 89.2 cm³/mol. The van der Waals surface area contributed by atoms with Crippen LogP contribution in [0.25, 0.3) is 0 Å². The highest BCUT2D eigenvalue weighted by atomic mass is 79.9. The number of hydrogen-bond donors (Lipinski definition) is 2. The summed E-state index contributed by atoms with van der Waals surface area (Å²) in [6, 6.07) is 8.19. The zero-order valence-electron chi connectivity index (χ0n) is 12.7. The fourth-order valence-corrected chi connectivity index (χ4v) is 3.30. The average molecular weight is 356 g/mol. The molecule has 2 N–H and O–H groups in total. The molecule has 1 aliphatic rings. The van der Waals surface area contributed by atoms with Gasteiger partial charge in [0.1, 0.15) is 0 Å². The Morgan fingerprint density at radius 2 is 2.19 bits per heavy atom. The lowest BCUT2D eigenvalue weighted by molar-refractivity contribution is -0.0452. The lowest BCUT2D eigenvalue weighted by Gasteiger charge is -2.29. The third-order valence-electron chi connectivity index (χ3n) is 4.13. The van der Waals surface area contributed by atoms with Crippen LogP contribution < -0.4 is 5.32 Å². The van der Waals surface area contributed by atoms with Crippen molar-refractivity contribution >= 4 is 15.9 Å². The summed E-state index contributed by atoms with van der Waals surface area (Å²) in [5.74, 6) is 0.626. The number of nitrogens with one attached hydrogen (secondary N) is 1. The third-order valence-corrected chi connectivity index (χ3v) is 4.63. The van der Waals surface area contributed by atoms with Gasteiger partial charge in [-0.25, -0.2) is 0 Å². The largest absolute Gasteiger partial charge is 0.389 e. The van der Waals surface area contributed by atoms with Crippen LogP contribution in [0.4, 0.5) is 0 Å². The van der Waals surface area contributed by atoms with Gasteiger partial charge in [0.2, 0.25) is 0 Å². The predicted octanol–water partition coefficient (Wildman–Crippen LogP) is 3.49. The van der Waals surface area contributed by atoms with E-state index in [1.54, 1.807) is 0 Å². The van der Waals surface area contributed by atoms with E-state index in [-0.39, 0.29) is 0 Å². The maximum atomic E-state index is 10.0. The van der Waals surface area contributed by atoms with Crippen LogP contribution in [0.5, 0.6) is 0 Å². The van der Waals surface area contributed by atoms with Crippen LogP contribution in [-0.2, 0) is 11.3 Å². The second-order valence-electron chi connectivity index (χ2n) is 6.05. The molecule has 3 unspecified atom stereocenters. The molecule has 3 atom stereocenters. The molecule has 4 heteroatoms. The maximum Gasteiger partial charge on any atom is 0.0897 e. The van der Waals surface area contributed by atoms with Gasteiger partial charge in [-0.15, -0.1) is 0 Å². The zero-order chi connectivity index (χ0) is 15.1. The maximum absolute atomic E-state index is 10.0. The van der Waals surface area contributed by atoms with E-state index in [9.17, 15) is 5.11 Å². The molecular weight excluding hydrogens is 330 g/mol. The number of hydrogen-bond acceptors (Lipinski definition) is 3. The van der Waals surface area contributed by atoms with Crippen LogP contribution in [0.15, 0.2) is 28.7 Å². The molecule has 1 aromatic carbocycles. The van der Waals surface area contributed by atoms with E-state index in [0.717, 1.165) is 17.4 Å². The monoisotopic (exact) mass is 355 g/mol. The van der Waals surface area contributed by atoms with E-state index in [4.69, 9.17) is 4.74 Å². The van der Waals surface area contributed by atoms with Crippen LogP contribution in [0, 0.1) is 5.92 Å². The number of ether oxygens (including phenoxy) is 1. The van der Waals surface area contributed by atoms with E-state index in [1.807, 2.05) is 12.1 Å². The highest BCUT2D eigenvalue weighted by Gasteiger charge is 2.22. The molecule has 0 saturated heterocycles. The summed E-state index contributed by atoms with van der Waals surface area (Å²) in [6.07, 6.45) is 4.86. The van der Waals surface area contributed by atoms with Crippen molar-refractivity contribution in [1.82, 2.24) is 5.32 Å². The Balaban J connectivity index is 1.62. The standard InChI is InChI=1S/C17H26BrNO2/c1-13-5-2-3-8-17(13)21-12-16(20)11-19-10-14-6-4-7-15(18)9-14/h4,6-7,9,13,16-17,19-20H,2-3,5,8,10-12H2,1H3. The van der Waals surface area contributed by atoms with Crippen LogP contribution >= 0.6 is 15.9 Å². The molecule has 1 saturated carbocycles. The summed E-state index contributed by atoms with van der Waals surface area (Å²) < 4.78 is 6.96. The highest BCUT2D eigenvalue weighted by molar-refractivity contribution is 9.10. The first-order chi connectivity index (χ1) is 10.1. The molecule has 1 aliphatic carbocycles. The Hall–Kier alpha value is -0.420. The van der Waals surface area contributed by atoms with Gasteiger partial charge in [0.15, 0.2) is 0 Å². The summed E-state index contributed by atoms with van der Waals surface area (Å²) >= 11 is 3.46. The van der Waals surface area contributed by atoms with Gasteiger partial charge >= 0.3 is 0 Å². The molecule has 1 aromatic rings. The van der Waals surface area contributed by atoms with Gasteiger partial charge in [-0.2, -0.15) is 0 Å². The number of halogens is 1. The van der Waals surface area contributed by atoms with E-state index in [0.29, 0.717) is 25.2 Å². The molecule has 0 bridgehead atoms. The fourth-order valence-electron chi connectivity index (χ4n) is 2.85. The van der Waals surface area contributed by atoms with Crippen LogP contribution in [-0.4, -0.2) is 30.5 Å². The Morgan fingerprint density at radius 1 is 1.38 bits per heavy atom. The summed E-state index contributed by atoms with van der Waals surface area (Å²) in [7, 11) is 0. The van der Waals surface area contributed by atoms with Gasteiger partial charge in [0.05, 0.1) is 18.8 Å². The van der Waals surface area contributed by atoms with Crippen molar-refractivity contribution in [3.05, 3.63) is 34.3 Å². The molecular formula is C17H26BrNO2. The minimum atomic E-state index is -0.439. The second-order valence-corrected chi connectivity index (χ2v) is 6.96. The molecule has 0 heterocycles. The number of rotatable bonds is 7. The van der Waals surface area contributed by atoms with Crippen molar-refractivity contribution in [3.63, 3.8) is 0 Å². The van der Waals surface area contributed by atoms with Gasteiger partial charge in [-0.3, -0.25) is 0 Å². The Bertz CT molecular complexity index is 427. The van der Waals surface area contributed by atoms with Crippen molar-refractivity contribution in [1.29, 1.82) is 0 Å². The van der Waals surface area contributed by atoms with Crippen molar-refractivity contribution < 1.29 is 9.84 Å². The lowest BCUT2D eigenvalue weighted by atomic mass is 9.88. The first-order valence-corrected chi connectivity index (χ1v) is 8.69. The summed E-state index contributed by atoms with van der Waals surface area (Å²) in [6.45, 7) is 4.01. The first-order valence-electron chi connectivity index (χ1n) is 7.90. The third kappa shape index (κ3) is 6.07. The van der Waals surface area contributed by atoms with Crippen LogP contribution in [0.1, 0.15) is 38.2 Å². The van der Waals surface area contributed by atoms with E-state index >= 15 is 0 Å². The topological polar surface area (TPSA) is 41.5 Å². The first kappa shape index (κ1) is 16.9. The number of aliphatic hydroxyl groups is 1. The van der Waals surface area contributed by atoms with Crippen molar-refractivity contribution in [3.8, 4) is 0 Å². The summed E-state index contributed by atoms with van der Waals surface area (Å²) in [4.78, 5) is 0. The van der Waals surface area contributed by atoms with Gasteiger partial charge in [0.25, 0.3) is 0 Å². The summed E-state index contributed by atoms with van der Waals surface area (Å²) in [5, 5.41) is 13.3. The van der Waals surface area contributed by atoms with Crippen LogP contribution in [0.2, 0.25) is 0 Å². The molecule has 0 aromatic heterocycles. The minimum absolute atomic E-state index is 0.332. The van der Waals surface area contributed by atoms with E-state index in [2.05, 4.69) is 40.3 Å². The molecule has 21 heavy (non-hydrogen) atoms. The Kier molecular flexibility index (Phi) is 7.17. The van der Waals surface area contributed by atoms with E-state index < -0.39 is 6.10 Å². The van der Waals surface area contributed by atoms with Crippen molar-refractivity contribution in [2.24, 2.45) is 5.92 Å². The molecule has 0 spiro atoms. The minimum Gasteiger partial charge on any atom is -0.389 e. The zero-order valence-corrected chi connectivity index (χ0v) is 14.3. The molecule has 0 amide bonds. The average Bonchev–Trinajstić information content (AvgIpc) is 2.46. The Labute approximate surface area is 136 Å². The van der Waals surface area contributed by atoms with Crippen LogP contribution in [0.3, 0.4) is 0 Å². The normalized spacial score (nSPS) is 24.0. The number of aliphatic hydroxyl groups excluding tert-OH is 1. The molecule has 1 fully saturated rings. The number of benzene rings is 1. The Morgan fingerprint density at radius 3 is 2.95 bits per heavy atom. The smallest absolute Gasteiger partial charge is 0.0897 e. The molecule has 3 nitrogen and oxygen atoms in total.